The smallest absolute Gasteiger partial charge is 0.270 e. The van der Waals surface area contributed by atoms with Crippen molar-refractivity contribution < 1.29 is 24.0 Å². The molecular weight excluding hydrogens is 482 g/mol. The monoisotopic (exact) mass is 509 g/mol. The molecule has 2 heterocycles. The van der Waals surface area contributed by atoms with Crippen LogP contribution in [0.5, 0.6) is 11.5 Å². The second kappa shape index (κ2) is 11.2. The molecule has 1 aliphatic rings. The standard InChI is InChI=1S/C26H27N3O6S/c1-18(2)13-28(26(31)20-5-3-6-21(12-20)29(32)33)16-25(30)27(15-22-7-4-10-36-22)14-19-8-9-23-24(11-19)35-17-34-23/h3-12,18H,13-17H2,1-2H3. The summed E-state index contributed by atoms with van der Waals surface area (Å²) in [6.07, 6.45) is 0. The van der Waals surface area contributed by atoms with Gasteiger partial charge < -0.3 is 19.3 Å². The summed E-state index contributed by atoms with van der Waals surface area (Å²) >= 11 is 1.55. The number of hydrogen-bond donors (Lipinski definition) is 0. The lowest BCUT2D eigenvalue weighted by molar-refractivity contribution is -0.384. The van der Waals surface area contributed by atoms with Gasteiger partial charge >= 0.3 is 0 Å². The molecule has 0 atom stereocenters. The lowest BCUT2D eigenvalue weighted by Crippen LogP contribution is -2.43. The number of hydrogen-bond acceptors (Lipinski definition) is 7. The van der Waals surface area contributed by atoms with Gasteiger partial charge in [-0.05, 0) is 41.1 Å². The van der Waals surface area contributed by atoms with Crippen molar-refractivity contribution in [1.82, 2.24) is 9.80 Å². The van der Waals surface area contributed by atoms with Gasteiger partial charge in [-0.2, -0.15) is 0 Å². The number of non-ortho nitro benzene ring substituents is 1. The molecule has 0 unspecified atom stereocenters. The van der Waals surface area contributed by atoms with Crippen LogP contribution in [0.4, 0.5) is 5.69 Å². The molecule has 0 spiro atoms. The van der Waals surface area contributed by atoms with Crippen molar-refractivity contribution in [3.8, 4) is 11.5 Å². The first-order valence-electron chi connectivity index (χ1n) is 11.5. The molecule has 0 fully saturated rings. The highest BCUT2D eigenvalue weighted by Gasteiger charge is 2.25. The molecule has 0 aliphatic carbocycles. The summed E-state index contributed by atoms with van der Waals surface area (Å²) in [5.74, 6) is 0.763. The normalized spacial score (nSPS) is 12.0. The molecule has 1 aromatic heterocycles. The lowest BCUT2D eigenvalue weighted by Gasteiger charge is -2.29. The predicted molar refractivity (Wildman–Crippen MR) is 135 cm³/mol. The number of carbonyl (C=O) groups is 2. The van der Waals surface area contributed by atoms with Crippen molar-refractivity contribution in [2.45, 2.75) is 26.9 Å². The highest BCUT2D eigenvalue weighted by atomic mass is 32.1. The van der Waals surface area contributed by atoms with Gasteiger partial charge in [0.05, 0.1) is 11.5 Å². The summed E-state index contributed by atoms with van der Waals surface area (Å²) in [5, 5.41) is 13.1. The summed E-state index contributed by atoms with van der Waals surface area (Å²) in [7, 11) is 0. The topological polar surface area (TPSA) is 102 Å². The van der Waals surface area contributed by atoms with Gasteiger partial charge in [-0.1, -0.05) is 32.0 Å². The van der Waals surface area contributed by atoms with Gasteiger partial charge in [0.1, 0.15) is 6.54 Å². The quantitative estimate of drug-likeness (QED) is 0.290. The molecule has 3 aromatic rings. The molecule has 36 heavy (non-hydrogen) atoms. The van der Waals surface area contributed by atoms with Crippen LogP contribution in [0.2, 0.25) is 0 Å². The SMILES string of the molecule is CC(C)CN(CC(=O)N(Cc1ccc2c(c1)OCO2)Cc1cccs1)C(=O)c1cccc([N+](=O)[O-])c1. The van der Waals surface area contributed by atoms with Crippen molar-refractivity contribution >= 4 is 28.8 Å². The van der Waals surface area contributed by atoms with E-state index in [4.69, 9.17) is 9.47 Å². The summed E-state index contributed by atoms with van der Waals surface area (Å²) in [6.45, 7) is 4.99. The van der Waals surface area contributed by atoms with Gasteiger partial charge in [0.2, 0.25) is 12.7 Å². The second-order valence-corrected chi connectivity index (χ2v) is 9.94. The zero-order valence-corrected chi connectivity index (χ0v) is 20.9. The Morgan fingerprint density at radius 2 is 1.83 bits per heavy atom. The van der Waals surface area contributed by atoms with Crippen LogP contribution in [0.1, 0.15) is 34.6 Å². The Morgan fingerprint density at radius 3 is 2.56 bits per heavy atom. The summed E-state index contributed by atoms with van der Waals surface area (Å²) < 4.78 is 10.9. The third-order valence-electron chi connectivity index (χ3n) is 5.59. The van der Waals surface area contributed by atoms with Crippen molar-refractivity contribution in [2.75, 3.05) is 19.9 Å². The highest BCUT2D eigenvalue weighted by molar-refractivity contribution is 7.09. The van der Waals surface area contributed by atoms with Crippen LogP contribution in [-0.2, 0) is 17.9 Å². The van der Waals surface area contributed by atoms with Crippen LogP contribution in [0, 0.1) is 16.0 Å². The number of thiophene rings is 1. The number of carbonyl (C=O) groups excluding carboxylic acids is 2. The average molecular weight is 510 g/mol. The number of ether oxygens (including phenoxy) is 2. The highest BCUT2D eigenvalue weighted by Crippen LogP contribution is 2.33. The Labute approximate surface area is 213 Å². The molecule has 0 bridgehead atoms. The Kier molecular flexibility index (Phi) is 7.84. The van der Waals surface area contributed by atoms with E-state index in [2.05, 4.69) is 0 Å². The van der Waals surface area contributed by atoms with E-state index < -0.39 is 10.8 Å². The molecule has 1 aliphatic heterocycles. The van der Waals surface area contributed by atoms with E-state index in [-0.39, 0.29) is 36.4 Å². The first-order chi connectivity index (χ1) is 17.3. The number of amides is 2. The van der Waals surface area contributed by atoms with Gasteiger partial charge in [-0.15, -0.1) is 11.3 Å². The van der Waals surface area contributed by atoms with Crippen molar-refractivity contribution in [3.05, 3.63) is 86.1 Å². The molecule has 10 heteroatoms. The fourth-order valence-electron chi connectivity index (χ4n) is 3.94. The fraction of sp³-hybridized carbons (Fsp3) is 0.308. The minimum absolute atomic E-state index is 0.0973. The number of nitrogens with zero attached hydrogens (tertiary/aromatic N) is 3. The molecule has 0 saturated carbocycles. The first kappa shape index (κ1) is 25.2. The third-order valence-corrected chi connectivity index (χ3v) is 6.45. The van der Waals surface area contributed by atoms with Crippen LogP contribution < -0.4 is 9.47 Å². The predicted octanol–water partition coefficient (Wildman–Crippen LogP) is 4.71. The number of fused-ring (bicyclic) bond motifs is 1. The summed E-state index contributed by atoms with van der Waals surface area (Å²) in [5.41, 5.74) is 0.890. The van der Waals surface area contributed by atoms with Crippen LogP contribution in [0.25, 0.3) is 0 Å². The van der Waals surface area contributed by atoms with E-state index in [0.29, 0.717) is 31.1 Å². The molecule has 188 valence electrons. The zero-order chi connectivity index (χ0) is 25.7. The van der Waals surface area contributed by atoms with Gasteiger partial charge in [-0.25, -0.2) is 0 Å². The average Bonchev–Trinajstić information content (AvgIpc) is 3.54. The molecule has 0 radical (unpaired) electrons. The van der Waals surface area contributed by atoms with Crippen LogP contribution >= 0.6 is 11.3 Å². The van der Waals surface area contributed by atoms with E-state index in [1.165, 1.54) is 29.2 Å². The van der Waals surface area contributed by atoms with Gasteiger partial charge in [0, 0.05) is 35.7 Å². The van der Waals surface area contributed by atoms with Crippen molar-refractivity contribution in [3.63, 3.8) is 0 Å². The van der Waals surface area contributed by atoms with Crippen molar-refractivity contribution in [1.29, 1.82) is 0 Å². The Bertz CT molecular complexity index is 1240. The maximum atomic E-state index is 13.6. The third kappa shape index (κ3) is 6.19. The van der Waals surface area contributed by atoms with E-state index >= 15 is 0 Å². The van der Waals surface area contributed by atoms with Crippen molar-refractivity contribution in [2.24, 2.45) is 5.92 Å². The number of benzene rings is 2. The minimum Gasteiger partial charge on any atom is -0.454 e. The number of rotatable bonds is 10. The van der Waals surface area contributed by atoms with E-state index in [9.17, 15) is 19.7 Å². The molecular formula is C26H27N3O6S. The number of nitro benzene ring substituents is 1. The maximum Gasteiger partial charge on any atom is 0.270 e. The van der Waals surface area contributed by atoms with Crippen LogP contribution in [0.3, 0.4) is 0 Å². The summed E-state index contributed by atoms with van der Waals surface area (Å²) in [6, 6.07) is 15.1. The van der Waals surface area contributed by atoms with Gasteiger partial charge in [-0.3, -0.25) is 19.7 Å². The van der Waals surface area contributed by atoms with E-state index in [0.717, 1.165) is 10.4 Å². The van der Waals surface area contributed by atoms with Gasteiger partial charge in [0.15, 0.2) is 11.5 Å². The zero-order valence-electron chi connectivity index (χ0n) is 20.1. The van der Waals surface area contributed by atoms with E-state index in [1.807, 2.05) is 49.6 Å². The van der Waals surface area contributed by atoms with E-state index in [1.54, 1.807) is 16.2 Å². The van der Waals surface area contributed by atoms with Gasteiger partial charge in [0.25, 0.3) is 11.6 Å². The maximum absolute atomic E-state index is 13.6. The summed E-state index contributed by atoms with van der Waals surface area (Å²) in [4.78, 5) is 41.7. The minimum atomic E-state index is -0.539. The molecule has 2 amide bonds. The Balaban J connectivity index is 1.56. The molecule has 9 nitrogen and oxygen atoms in total. The number of nitro groups is 1. The Morgan fingerprint density at radius 1 is 1.03 bits per heavy atom. The second-order valence-electron chi connectivity index (χ2n) is 8.90. The Hall–Kier alpha value is -3.92. The van der Waals surface area contributed by atoms with Crippen LogP contribution in [0.15, 0.2) is 60.0 Å². The molecule has 0 saturated heterocycles. The lowest BCUT2D eigenvalue weighted by atomic mass is 10.1. The first-order valence-corrected chi connectivity index (χ1v) is 12.4. The fourth-order valence-corrected chi connectivity index (χ4v) is 4.66. The molecule has 0 N–H and O–H groups in total. The van der Waals surface area contributed by atoms with Crippen LogP contribution in [-0.4, -0.2) is 46.4 Å². The largest absolute Gasteiger partial charge is 0.454 e. The molecule has 2 aromatic carbocycles. The molecule has 4 rings (SSSR count).